The molecule has 0 N–H and O–H groups in total. The third kappa shape index (κ3) is 5.99. The zero-order valence-corrected chi connectivity index (χ0v) is 19.0. The molecule has 2 heterocycles. The Labute approximate surface area is 189 Å². The molecule has 0 unspecified atom stereocenters. The summed E-state index contributed by atoms with van der Waals surface area (Å²) in [7, 11) is 1.70. The fourth-order valence-electron chi connectivity index (χ4n) is 2.76. The second-order valence-corrected chi connectivity index (χ2v) is 7.95. The number of rotatable bonds is 8. The number of benzene rings is 1. The van der Waals surface area contributed by atoms with Crippen molar-refractivity contribution in [2.45, 2.75) is 26.9 Å². The summed E-state index contributed by atoms with van der Waals surface area (Å²) >= 11 is 7.04. The van der Waals surface area contributed by atoms with E-state index in [9.17, 15) is 9.59 Å². The molecule has 2 aromatic heterocycles. The van der Waals surface area contributed by atoms with Crippen LogP contribution in [0.2, 0.25) is 5.15 Å². The van der Waals surface area contributed by atoms with Crippen molar-refractivity contribution in [3.63, 3.8) is 0 Å². The van der Waals surface area contributed by atoms with Gasteiger partial charge in [-0.25, -0.2) is 4.98 Å². The number of esters is 1. The molecule has 0 aliphatic heterocycles. The van der Waals surface area contributed by atoms with Gasteiger partial charge >= 0.3 is 5.97 Å². The van der Waals surface area contributed by atoms with Crippen LogP contribution in [0.3, 0.4) is 0 Å². The van der Waals surface area contributed by atoms with Crippen LogP contribution in [0.15, 0.2) is 41.8 Å². The summed E-state index contributed by atoms with van der Waals surface area (Å²) in [5.41, 5.74) is 2.50. The maximum atomic E-state index is 12.2. The summed E-state index contributed by atoms with van der Waals surface area (Å²) in [6.45, 7) is 3.57. The molecule has 3 rings (SSSR count). The van der Waals surface area contributed by atoms with Crippen molar-refractivity contribution in [2.75, 3.05) is 23.4 Å². The van der Waals surface area contributed by atoms with E-state index >= 15 is 0 Å². The van der Waals surface area contributed by atoms with Gasteiger partial charge in [0.2, 0.25) is 5.91 Å². The van der Waals surface area contributed by atoms with Gasteiger partial charge in [-0.1, -0.05) is 30.7 Å². The topological polar surface area (TPSA) is 88.5 Å². The Balaban J connectivity index is 1.60. The van der Waals surface area contributed by atoms with E-state index in [0.717, 1.165) is 12.1 Å². The molecule has 1 aromatic carbocycles. The molecule has 1 amide bonds. The van der Waals surface area contributed by atoms with Crippen molar-refractivity contribution < 1.29 is 14.3 Å². The number of thiazole rings is 1. The predicted octanol–water partition coefficient (Wildman–Crippen LogP) is 4.01. The highest BCUT2D eigenvalue weighted by Crippen LogP contribution is 2.29. The van der Waals surface area contributed by atoms with Crippen molar-refractivity contribution in [1.29, 1.82) is 0 Å². The Hall–Kier alpha value is -3.04. The Kier molecular flexibility index (Phi) is 7.54. The quantitative estimate of drug-likeness (QED) is 0.470. The second kappa shape index (κ2) is 10.3. The van der Waals surface area contributed by atoms with Crippen LogP contribution < -0.4 is 9.80 Å². The van der Waals surface area contributed by atoms with Crippen molar-refractivity contribution in [3.8, 4) is 0 Å². The van der Waals surface area contributed by atoms with Gasteiger partial charge in [0.25, 0.3) is 0 Å². The molecule has 0 aliphatic rings. The minimum absolute atomic E-state index is 0.00332. The first kappa shape index (κ1) is 22.6. The number of carbonyl (C=O) groups excluding carboxylic acids is 2. The zero-order chi connectivity index (χ0) is 22.4. The number of halogens is 1. The summed E-state index contributed by atoms with van der Waals surface area (Å²) in [4.78, 5) is 32.0. The molecular weight excluding hydrogens is 438 g/mol. The minimum atomic E-state index is -0.438. The summed E-state index contributed by atoms with van der Waals surface area (Å²) in [6, 6.07) is 11.0. The van der Waals surface area contributed by atoms with E-state index < -0.39 is 5.97 Å². The van der Waals surface area contributed by atoms with Gasteiger partial charge < -0.3 is 9.64 Å². The predicted molar refractivity (Wildman–Crippen MR) is 121 cm³/mol. The maximum absolute atomic E-state index is 12.2. The summed E-state index contributed by atoms with van der Waals surface area (Å²) in [6.07, 6.45) is 0.924. The van der Waals surface area contributed by atoms with E-state index in [4.69, 9.17) is 16.3 Å². The Bertz CT molecular complexity index is 1040. The van der Waals surface area contributed by atoms with Crippen molar-refractivity contribution >= 4 is 51.5 Å². The standard InChI is InChI=1S/C21H22ClN5O3S/c1-4-15-5-7-17(8-6-15)27(14(2)28)21-23-16(13-31-21)12-30-20(29)11-26(3)19-10-9-18(22)24-25-19/h5-10,13H,4,11-12H2,1-3H3. The molecule has 0 saturated carbocycles. The van der Waals surface area contributed by atoms with Gasteiger partial charge in [0.1, 0.15) is 13.2 Å². The Morgan fingerprint density at radius 3 is 2.48 bits per heavy atom. The number of hydrogen-bond acceptors (Lipinski definition) is 8. The smallest absolute Gasteiger partial charge is 0.325 e. The number of aryl methyl sites for hydroxylation is 1. The number of carbonyl (C=O) groups is 2. The molecule has 0 radical (unpaired) electrons. The Morgan fingerprint density at radius 1 is 1.13 bits per heavy atom. The van der Waals surface area contributed by atoms with Crippen LogP contribution in [0.5, 0.6) is 0 Å². The molecular formula is C21H22ClN5O3S. The highest BCUT2D eigenvalue weighted by Gasteiger charge is 2.19. The number of amides is 1. The Morgan fingerprint density at radius 2 is 1.87 bits per heavy atom. The number of nitrogens with zero attached hydrogens (tertiary/aromatic N) is 5. The second-order valence-electron chi connectivity index (χ2n) is 6.73. The SMILES string of the molecule is CCc1ccc(N(C(C)=O)c2nc(COC(=O)CN(C)c3ccc(Cl)nn3)cs2)cc1. The molecule has 0 atom stereocenters. The number of anilines is 3. The van der Waals surface area contributed by atoms with Crippen LogP contribution in [0.25, 0.3) is 0 Å². The molecule has 31 heavy (non-hydrogen) atoms. The van der Waals surface area contributed by atoms with Gasteiger partial charge in [-0.15, -0.1) is 21.5 Å². The van der Waals surface area contributed by atoms with Crippen LogP contribution in [0.1, 0.15) is 25.1 Å². The summed E-state index contributed by atoms with van der Waals surface area (Å²) < 4.78 is 5.32. The van der Waals surface area contributed by atoms with E-state index in [1.807, 2.05) is 24.3 Å². The van der Waals surface area contributed by atoms with Crippen molar-refractivity contribution in [1.82, 2.24) is 15.2 Å². The van der Waals surface area contributed by atoms with E-state index in [1.54, 1.807) is 34.4 Å². The fourth-order valence-corrected chi connectivity index (χ4v) is 3.73. The first-order valence-electron chi connectivity index (χ1n) is 9.57. The number of hydrogen-bond donors (Lipinski definition) is 0. The lowest BCUT2D eigenvalue weighted by molar-refractivity contribution is -0.143. The normalized spacial score (nSPS) is 10.6. The van der Waals surface area contributed by atoms with Crippen LogP contribution in [-0.2, 0) is 27.4 Å². The fraction of sp³-hybridized carbons (Fsp3) is 0.286. The van der Waals surface area contributed by atoms with Gasteiger partial charge in [0, 0.05) is 19.4 Å². The van der Waals surface area contributed by atoms with Crippen LogP contribution in [0, 0.1) is 0 Å². The van der Waals surface area contributed by atoms with Crippen LogP contribution >= 0.6 is 22.9 Å². The molecule has 3 aromatic rings. The molecule has 0 spiro atoms. The maximum Gasteiger partial charge on any atom is 0.325 e. The molecule has 0 saturated heterocycles. The number of ether oxygens (including phenoxy) is 1. The van der Waals surface area contributed by atoms with Gasteiger partial charge in [-0.05, 0) is 36.2 Å². The van der Waals surface area contributed by atoms with E-state index in [1.165, 1.54) is 23.8 Å². The van der Waals surface area contributed by atoms with Crippen LogP contribution in [0.4, 0.5) is 16.6 Å². The van der Waals surface area contributed by atoms with E-state index in [-0.39, 0.29) is 24.2 Å². The van der Waals surface area contributed by atoms with Gasteiger partial charge in [-0.2, -0.15) is 0 Å². The van der Waals surface area contributed by atoms with Gasteiger partial charge in [0.15, 0.2) is 16.1 Å². The summed E-state index contributed by atoms with van der Waals surface area (Å²) in [5, 5.41) is 10.2. The minimum Gasteiger partial charge on any atom is -0.458 e. The zero-order valence-electron chi connectivity index (χ0n) is 17.4. The lowest BCUT2D eigenvalue weighted by Crippen LogP contribution is -2.28. The number of aromatic nitrogens is 3. The third-order valence-electron chi connectivity index (χ3n) is 4.40. The highest BCUT2D eigenvalue weighted by molar-refractivity contribution is 7.14. The summed E-state index contributed by atoms with van der Waals surface area (Å²) in [5.74, 6) is -0.0799. The average Bonchev–Trinajstić information content (AvgIpc) is 3.21. The molecule has 162 valence electrons. The van der Waals surface area contributed by atoms with Crippen molar-refractivity contribution in [2.24, 2.45) is 0 Å². The first-order valence-corrected chi connectivity index (χ1v) is 10.8. The molecule has 10 heteroatoms. The largest absolute Gasteiger partial charge is 0.458 e. The molecule has 0 aliphatic carbocycles. The highest BCUT2D eigenvalue weighted by atomic mass is 35.5. The van der Waals surface area contributed by atoms with Crippen LogP contribution in [-0.4, -0.2) is 40.7 Å². The van der Waals surface area contributed by atoms with E-state index in [0.29, 0.717) is 16.6 Å². The molecule has 0 bridgehead atoms. The average molecular weight is 460 g/mol. The first-order chi connectivity index (χ1) is 14.9. The molecule has 8 nitrogen and oxygen atoms in total. The number of likely N-dealkylation sites (N-methyl/N-ethyl adjacent to an activating group) is 1. The third-order valence-corrected chi connectivity index (χ3v) is 5.48. The lowest BCUT2D eigenvalue weighted by atomic mass is 10.1. The molecule has 0 fully saturated rings. The monoisotopic (exact) mass is 459 g/mol. The van der Waals surface area contributed by atoms with Crippen molar-refractivity contribution in [3.05, 3.63) is 58.2 Å². The van der Waals surface area contributed by atoms with Gasteiger partial charge in [0.05, 0.1) is 11.4 Å². The van der Waals surface area contributed by atoms with Gasteiger partial charge in [-0.3, -0.25) is 14.5 Å². The van der Waals surface area contributed by atoms with E-state index in [2.05, 4.69) is 22.1 Å². The lowest BCUT2D eigenvalue weighted by Gasteiger charge is -2.18.